The number of anilines is 2. The van der Waals surface area contributed by atoms with Gasteiger partial charge in [-0.25, -0.2) is 0 Å². The average Bonchev–Trinajstić information content (AvgIpc) is 2.58. The minimum atomic E-state index is -4.36. The van der Waals surface area contributed by atoms with Crippen molar-refractivity contribution < 1.29 is 17.8 Å². The van der Waals surface area contributed by atoms with Crippen molar-refractivity contribution in [2.45, 2.75) is 35.2 Å². The van der Waals surface area contributed by atoms with Crippen LogP contribution in [0.1, 0.15) is 24.8 Å². The Bertz CT molecular complexity index is 803. The highest BCUT2D eigenvalue weighted by Crippen LogP contribution is 2.49. The molecule has 2 aromatic carbocycles. The topological polar surface area (TPSA) is 26.3 Å². The Morgan fingerprint density at radius 2 is 1.67 bits per heavy atom. The van der Waals surface area contributed by atoms with Crippen molar-refractivity contribution in [3.8, 4) is 0 Å². The van der Waals surface area contributed by atoms with Crippen molar-refractivity contribution in [3.05, 3.63) is 53.2 Å². The van der Waals surface area contributed by atoms with Gasteiger partial charge in [0.1, 0.15) is 0 Å². The van der Waals surface area contributed by atoms with E-state index < -0.39 is 11.7 Å². The molecule has 0 aliphatic carbocycles. The lowest BCUT2D eigenvalue weighted by Crippen LogP contribution is -2.33. The molecule has 0 atom stereocenters. The zero-order valence-electron chi connectivity index (χ0n) is 15.4. The predicted octanol–water partition coefficient (Wildman–Crippen LogP) is 6.05. The number of hydrogen-bond donors (Lipinski definition) is 0. The molecule has 0 spiro atoms. The lowest BCUT2D eigenvalue weighted by Gasteiger charge is -2.34. The number of unbranched alkanes of at least 4 members (excludes halogenated alkanes) is 2. The summed E-state index contributed by atoms with van der Waals surface area (Å²) in [5, 5.41) is 11.6. The number of hydrogen-bond acceptors (Lipinski definition) is 3. The molecule has 27 heavy (non-hydrogen) atoms. The number of fused-ring (bicyclic) bond motifs is 2. The van der Waals surface area contributed by atoms with Gasteiger partial charge in [-0.2, -0.15) is 13.2 Å². The van der Waals surface area contributed by atoms with Crippen LogP contribution in [-0.2, 0) is 6.18 Å². The van der Waals surface area contributed by atoms with Gasteiger partial charge in [-0.05, 0) is 49.6 Å². The van der Waals surface area contributed by atoms with Crippen molar-refractivity contribution >= 4 is 23.1 Å². The van der Waals surface area contributed by atoms with Gasteiger partial charge >= 0.3 is 6.18 Å². The van der Waals surface area contributed by atoms with E-state index in [1.165, 1.54) is 17.8 Å². The van der Waals surface area contributed by atoms with Crippen LogP contribution in [0.25, 0.3) is 0 Å². The molecule has 2 aromatic rings. The number of halogens is 3. The van der Waals surface area contributed by atoms with E-state index in [-0.39, 0.29) is 4.65 Å². The van der Waals surface area contributed by atoms with E-state index in [1.807, 2.05) is 29.2 Å². The Balaban J connectivity index is 1.81. The summed E-state index contributed by atoms with van der Waals surface area (Å²) >= 11 is 1.50. The van der Waals surface area contributed by atoms with Gasteiger partial charge in [0.2, 0.25) is 0 Å². The minimum Gasteiger partial charge on any atom is -0.633 e. The molecule has 3 nitrogen and oxygen atoms in total. The summed E-state index contributed by atoms with van der Waals surface area (Å²) in [6.07, 6.45) is -1.88. The highest BCUT2D eigenvalue weighted by Gasteiger charge is 2.33. The second-order valence-electron chi connectivity index (χ2n) is 7.26. The summed E-state index contributed by atoms with van der Waals surface area (Å²) < 4.78 is 39.2. The van der Waals surface area contributed by atoms with Crippen molar-refractivity contribution in [1.82, 2.24) is 0 Å². The highest BCUT2D eigenvalue weighted by molar-refractivity contribution is 7.99. The molecule has 0 bridgehead atoms. The molecule has 0 fully saturated rings. The van der Waals surface area contributed by atoms with Gasteiger partial charge in [-0.15, -0.1) is 0 Å². The maximum absolute atomic E-state index is 13.2. The molecule has 0 saturated heterocycles. The zero-order valence-corrected chi connectivity index (χ0v) is 16.2. The first kappa shape index (κ1) is 20.0. The summed E-state index contributed by atoms with van der Waals surface area (Å²) in [5.41, 5.74) is 0.916. The summed E-state index contributed by atoms with van der Waals surface area (Å²) in [7, 11) is 3.24. The first-order valence-electron chi connectivity index (χ1n) is 8.95. The molecule has 1 aliphatic heterocycles. The van der Waals surface area contributed by atoms with Crippen LogP contribution >= 0.6 is 11.8 Å². The molecule has 0 amide bonds. The molecule has 0 saturated carbocycles. The van der Waals surface area contributed by atoms with Crippen LogP contribution in [0.3, 0.4) is 0 Å². The monoisotopic (exact) mass is 396 g/mol. The first-order valence-corrected chi connectivity index (χ1v) is 9.76. The third kappa shape index (κ3) is 4.97. The lowest BCUT2D eigenvalue weighted by molar-refractivity contribution is -0.840. The van der Waals surface area contributed by atoms with E-state index >= 15 is 0 Å². The zero-order chi connectivity index (χ0) is 19.7. The minimum absolute atomic E-state index is 0.318. The van der Waals surface area contributed by atoms with Crippen LogP contribution in [0, 0.1) is 5.21 Å². The molecule has 7 heteroatoms. The van der Waals surface area contributed by atoms with Gasteiger partial charge in [-0.1, -0.05) is 23.9 Å². The molecule has 0 unspecified atom stereocenters. The fourth-order valence-electron chi connectivity index (χ4n) is 3.19. The third-order valence-electron chi connectivity index (χ3n) is 4.53. The molecule has 0 radical (unpaired) electrons. The summed E-state index contributed by atoms with van der Waals surface area (Å²) in [4.78, 5) is 3.86. The van der Waals surface area contributed by atoms with Crippen molar-refractivity contribution in [1.29, 1.82) is 0 Å². The van der Waals surface area contributed by atoms with Crippen LogP contribution in [0.5, 0.6) is 0 Å². The molecule has 3 rings (SSSR count). The van der Waals surface area contributed by atoms with Gasteiger partial charge in [0.15, 0.2) is 0 Å². The largest absolute Gasteiger partial charge is 0.633 e. The van der Waals surface area contributed by atoms with E-state index in [9.17, 15) is 18.4 Å². The number of benzene rings is 2. The van der Waals surface area contributed by atoms with E-state index in [0.29, 0.717) is 18.8 Å². The van der Waals surface area contributed by atoms with Crippen molar-refractivity contribution in [2.75, 3.05) is 32.1 Å². The molecule has 146 valence electrons. The Labute approximate surface area is 161 Å². The Hall–Kier alpha value is -1.70. The fourth-order valence-corrected chi connectivity index (χ4v) is 4.26. The number of nitrogens with zero attached hydrogens (tertiary/aromatic N) is 2. The van der Waals surface area contributed by atoms with Gasteiger partial charge in [0.25, 0.3) is 0 Å². The van der Waals surface area contributed by atoms with Gasteiger partial charge in [0, 0.05) is 16.3 Å². The predicted molar refractivity (Wildman–Crippen MR) is 103 cm³/mol. The number of quaternary nitrogens is 1. The van der Waals surface area contributed by atoms with Crippen LogP contribution in [0.15, 0.2) is 52.3 Å². The Kier molecular flexibility index (Phi) is 5.74. The Morgan fingerprint density at radius 3 is 2.37 bits per heavy atom. The summed E-state index contributed by atoms with van der Waals surface area (Å²) in [6, 6.07) is 11.7. The van der Waals surface area contributed by atoms with E-state index in [1.54, 1.807) is 20.2 Å². The third-order valence-corrected chi connectivity index (χ3v) is 5.66. The van der Waals surface area contributed by atoms with E-state index in [0.717, 1.165) is 40.8 Å². The fraction of sp³-hybridized carbons (Fsp3) is 0.400. The smallest absolute Gasteiger partial charge is 0.416 e. The lowest BCUT2D eigenvalue weighted by atomic mass is 10.1. The van der Waals surface area contributed by atoms with E-state index in [2.05, 4.69) is 0 Å². The second-order valence-corrected chi connectivity index (χ2v) is 8.34. The highest BCUT2D eigenvalue weighted by atomic mass is 32.2. The standard InChI is InChI=1S/C20H23F3N2OS/c1-25(2,26)13-7-3-6-12-24-16-8-4-5-9-18(16)27-19-11-10-15(14-17(19)24)20(21,22)23/h4-5,8-11,14H,3,6-7,12-13H2,1-2H3. The van der Waals surface area contributed by atoms with Gasteiger partial charge in [0.05, 0.1) is 37.6 Å². The van der Waals surface area contributed by atoms with Crippen LogP contribution in [0.2, 0.25) is 0 Å². The number of rotatable bonds is 6. The molecule has 0 N–H and O–H groups in total. The van der Waals surface area contributed by atoms with Crippen molar-refractivity contribution in [3.63, 3.8) is 0 Å². The molecule has 1 heterocycles. The molecular formula is C20H23F3N2OS. The quantitative estimate of drug-likeness (QED) is 0.338. The van der Waals surface area contributed by atoms with Crippen LogP contribution in [-0.4, -0.2) is 31.8 Å². The summed E-state index contributed by atoms with van der Waals surface area (Å²) in [6.45, 7) is 1.17. The number of alkyl halides is 3. The van der Waals surface area contributed by atoms with Crippen LogP contribution < -0.4 is 4.90 Å². The Morgan fingerprint density at radius 1 is 0.963 bits per heavy atom. The average molecular weight is 396 g/mol. The van der Waals surface area contributed by atoms with Crippen LogP contribution in [0.4, 0.5) is 24.5 Å². The second kappa shape index (κ2) is 7.73. The van der Waals surface area contributed by atoms with Crippen molar-refractivity contribution in [2.24, 2.45) is 0 Å². The molecule has 1 aliphatic rings. The first-order chi connectivity index (χ1) is 12.6. The SMILES string of the molecule is C[N+](C)([O-])CCCCCN1c2ccccc2Sc2ccc(C(F)(F)F)cc21. The summed E-state index contributed by atoms with van der Waals surface area (Å²) in [5.74, 6) is 0. The van der Waals surface area contributed by atoms with Gasteiger partial charge < -0.3 is 14.8 Å². The maximum atomic E-state index is 13.2. The van der Waals surface area contributed by atoms with E-state index in [4.69, 9.17) is 0 Å². The maximum Gasteiger partial charge on any atom is 0.416 e. The number of hydroxylamine groups is 3. The molecular weight excluding hydrogens is 373 g/mol. The van der Waals surface area contributed by atoms with Gasteiger partial charge in [-0.3, -0.25) is 0 Å². The molecule has 0 aromatic heterocycles. The number of para-hydroxylation sites is 1. The normalized spacial score (nSPS) is 14.1.